The van der Waals surface area contributed by atoms with Crippen LogP contribution in [-0.2, 0) is 6.54 Å². The summed E-state index contributed by atoms with van der Waals surface area (Å²) in [7, 11) is 3.28. The highest BCUT2D eigenvalue weighted by Gasteiger charge is 2.10. The van der Waals surface area contributed by atoms with Crippen LogP contribution in [0.4, 0.5) is 5.69 Å². The van der Waals surface area contributed by atoms with E-state index >= 15 is 0 Å². The molecule has 0 aliphatic rings. The van der Waals surface area contributed by atoms with Crippen molar-refractivity contribution >= 4 is 39.9 Å². The molecule has 0 aliphatic carbocycles. The molecule has 1 N–H and O–H groups in total. The van der Waals surface area contributed by atoms with Crippen LogP contribution in [0.25, 0.3) is 0 Å². The van der Waals surface area contributed by atoms with Crippen LogP contribution in [-0.4, -0.2) is 14.2 Å². The Balaban J connectivity index is 2.16. The maximum Gasteiger partial charge on any atom is 0.174 e. The Morgan fingerprint density at radius 1 is 1.15 bits per heavy atom. The summed E-state index contributed by atoms with van der Waals surface area (Å²) in [6.07, 6.45) is 0. The molecule has 0 saturated heterocycles. The van der Waals surface area contributed by atoms with E-state index < -0.39 is 0 Å². The fourth-order valence-electron chi connectivity index (χ4n) is 1.88. The number of benzene rings is 2. The number of rotatable bonds is 5. The van der Waals surface area contributed by atoms with E-state index in [0.717, 1.165) is 31.3 Å². The number of nitrogens with one attached hydrogen (secondary N) is 1. The van der Waals surface area contributed by atoms with Crippen LogP contribution in [0.2, 0.25) is 5.02 Å². The van der Waals surface area contributed by atoms with E-state index in [2.05, 4.69) is 34.0 Å². The van der Waals surface area contributed by atoms with E-state index in [9.17, 15) is 0 Å². The van der Waals surface area contributed by atoms with Gasteiger partial charge in [-0.1, -0.05) is 17.7 Å². The monoisotopic (exact) mass is 403 g/mol. The standard InChI is InChI=1S/C15H15ClINO2/c1-19-14-7-10(6-13(17)15(14)20-2)9-18-12-5-3-4-11(16)8-12/h3-8,18H,9H2,1-2H3. The smallest absolute Gasteiger partial charge is 0.174 e. The quantitative estimate of drug-likeness (QED) is 0.742. The number of ether oxygens (including phenoxy) is 2. The van der Waals surface area contributed by atoms with Gasteiger partial charge in [0.15, 0.2) is 11.5 Å². The van der Waals surface area contributed by atoms with Crippen molar-refractivity contribution in [3.63, 3.8) is 0 Å². The lowest BCUT2D eigenvalue weighted by Crippen LogP contribution is -2.01. The van der Waals surface area contributed by atoms with Gasteiger partial charge in [-0.2, -0.15) is 0 Å². The van der Waals surface area contributed by atoms with Crippen LogP contribution in [0.15, 0.2) is 36.4 Å². The van der Waals surface area contributed by atoms with Crippen LogP contribution in [0.5, 0.6) is 11.5 Å². The minimum atomic E-state index is 0.691. The van der Waals surface area contributed by atoms with Crippen LogP contribution < -0.4 is 14.8 Å². The number of halogens is 2. The third-order valence-corrected chi connectivity index (χ3v) is 3.85. The molecule has 0 atom stereocenters. The summed E-state index contributed by atoms with van der Waals surface area (Å²) < 4.78 is 11.7. The second kappa shape index (κ2) is 7.04. The first-order valence-corrected chi connectivity index (χ1v) is 7.49. The van der Waals surface area contributed by atoms with E-state index in [4.69, 9.17) is 21.1 Å². The van der Waals surface area contributed by atoms with Crippen molar-refractivity contribution in [3.8, 4) is 11.5 Å². The first kappa shape index (κ1) is 15.3. The Bertz CT molecular complexity index is 604. The molecular weight excluding hydrogens is 389 g/mol. The topological polar surface area (TPSA) is 30.5 Å². The molecule has 0 amide bonds. The van der Waals surface area contributed by atoms with E-state index in [1.807, 2.05) is 30.3 Å². The molecule has 0 aromatic heterocycles. The summed E-state index contributed by atoms with van der Waals surface area (Å²) in [5, 5.41) is 4.05. The average Bonchev–Trinajstić information content (AvgIpc) is 2.44. The third kappa shape index (κ3) is 3.70. The Morgan fingerprint density at radius 3 is 2.60 bits per heavy atom. The Kier molecular flexibility index (Phi) is 5.37. The highest BCUT2D eigenvalue weighted by atomic mass is 127. The summed E-state index contributed by atoms with van der Waals surface area (Å²) in [5.41, 5.74) is 2.11. The summed E-state index contributed by atoms with van der Waals surface area (Å²) in [6.45, 7) is 0.691. The fourth-order valence-corrected chi connectivity index (χ4v) is 2.95. The van der Waals surface area contributed by atoms with Gasteiger partial charge in [0.05, 0.1) is 17.8 Å². The molecule has 0 radical (unpaired) electrons. The van der Waals surface area contributed by atoms with Crippen LogP contribution in [0.1, 0.15) is 5.56 Å². The molecule has 20 heavy (non-hydrogen) atoms. The number of hydrogen-bond donors (Lipinski definition) is 1. The number of anilines is 1. The summed E-state index contributed by atoms with van der Waals surface area (Å²) in [4.78, 5) is 0. The zero-order valence-corrected chi connectivity index (χ0v) is 14.2. The zero-order valence-electron chi connectivity index (χ0n) is 11.2. The van der Waals surface area contributed by atoms with Crippen molar-refractivity contribution < 1.29 is 9.47 Å². The average molecular weight is 404 g/mol. The SMILES string of the molecule is COc1cc(CNc2cccc(Cl)c2)cc(I)c1OC. The Morgan fingerprint density at radius 2 is 1.95 bits per heavy atom. The molecule has 0 aliphatic heterocycles. The van der Waals surface area contributed by atoms with Gasteiger partial charge in [-0.25, -0.2) is 0 Å². The van der Waals surface area contributed by atoms with Crippen LogP contribution in [0, 0.1) is 3.57 Å². The molecule has 5 heteroatoms. The molecule has 0 unspecified atom stereocenters. The fraction of sp³-hybridized carbons (Fsp3) is 0.200. The maximum absolute atomic E-state index is 5.96. The molecule has 2 aromatic rings. The first-order valence-electron chi connectivity index (χ1n) is 6.04. The third-order valence-electron chi connectivity index (χ3n) is 2.81. The van der Waals surface area contributed by atoms with Gasteiger partial charge in [-0.3, -0.25) is 0 Å². The number of methoxy groups -OCH3 is 2. The highest BCUT2D eigenvalue weighted by Crippen LogP contribution is 2.33. The van der Waals surface area contributed by atoms with Crippen LogP contribution in [0.3, 0.4) is 0 Å². The van der Waals surface area contributed by atoms with Crippen molar-refractivity contribution in [1.82, 2.24) is 0 Å². The minimum absolute atomic E-state index is 0.691. The zero-order chi connectivity index (χ0) is 14.5. The van der Waals surface area contributed by atoms with Crippen molar-refractivity contribution in [2.75, 3.05) is 19.5 Å². The molecule has 0 bridgehead atoms. The van der Waals surface area contributed by atoms with Gasteiger partial charge >= 0.3 is 0 Å². The Labute approximate surface area is 137 Å². The summed E-state index contributed by atoms with van der Waals surface area (Å²) in [5.74, 6) is 1.50. The van der Waals surface area contributed by atoms with Crippen molar-refractivity contribution in [3.05, 3.63) is 50.6 Å². The van der Waals surface area contributed by atoms with Crippen molar-refractivity contribution in [2.24, 2.45) is 0 Å². The lowest BCUT2D eigenvalue weighted by molar-refractivity contribution is 0.352. The van der Waals surface area contributed by atoms with E-state index in [0.29, 0.717) is 6.54 Å². The lowest BCUT2D eigenvalue weighted by Gasteiger charge is -2.13. The molecule has 0 spiro atoms. The molecular formula is C15H15ClINO2. The second-order valence-corrected chi connectivity index (χ2v) is 5.78. The largest absolute Gasteiger partial charge is 0.493 e. The van der Waals surface area contributed by atoms with Gasteiger partial charge in [0, 0.05) is 17.3 Å². The van der Waals surface area contributed by atoms with Crippen molar-refractivity contribution in [2.45, 2.75) is 6.54 Å². The van der Waals surface area contributed by atoms with Crippen LogP contribution >= 0.6 is 34.2 Å². The van der Waals surface area contributed by atoms with Crippen molar-refractivity contribution in [1.29, 1.82) is 0 Å². The first-order chi connectivity index (χ1) is 9.63. The van der Waals surface area contributed by atoms with Gasteiger partial charge in [0.2, 0.25) is 0 Å². The molecule has 106 valence electrons. The second-order valence-electron chi connectivity index (χ2n) is 4.18. The molecule has 0 heterocycles. The predicted molar refractivity (Wildman–Crippen MR) is 91.0 cm³/mol. The Hall–Kier alpha value is -1.14. The molecule has 2 aromatic carbocycles. The lowest BCUT2D eigenvalue weighted by atomic mass is 10.2. The normalized spacial score (nSPS) is 10.2. The summed E-state index contributed by atoms with van der Waals surface area (Å²) >= 11 is 8.20. The van der Waals surface area contributed by atoms with Gasteiger partial charge in [-0.15, -0.1) is 0 Å². The van der Waals surface area contributed by atoms with Gasteiger partial charge in [0.1, 0.15) is 0 Å². The van der Waals surface area contributed by atoms with Gasteiger partial charge in [0.25, 0.3) is 0 Å². The van der Waals surface area contributed by atoms with Gasteiger partial charge in [-0.05, 0) is 58.5 Å². The predicted octanol–water partition coefficient (Wildman–Crippen LogP) is 4.57. The number of hydrogen-bond acceptors (Lipinski definition) is 3. The molecule has 0 fully saturated rings. The van der Waals surface area contributed by atoms with E-state index in [-0.39, 0.29) is 0 Å². The minimum Gasteiger partial charge on any atom is -0.493 e. The maximum atomic E-state index is 5.96. The van der Waals surface area contributed by atoms with Gasteiger partial charge < -0.3 is 14.8 Å². The molecule has 3 nitrogen and oxygen atoms in total. The van der Waals surface area contributed by atoms with E-state index in [1.165, 1.54) is 0 Å². The molecule has 2 rings (SSSR count). The molecule has 0 saturated carbocycles. The summed E-state index contributed by atoms with van der Waals surface area (Å²) in [6, 6.07) is 11.7. The highest BCUT2D eigenvalue weighted by molar-refractivity contribution is 14.1. The van der Waals surface area contributed by atoms with E-state index in [1.54, 1.807) is 14.2 Å².